The van der Waals surface area contributed by atoms with Gasteiger partial charge in [-0.3, -0.25) is 0 Å². The minimum Gasteiger partial charge on any atom is -0.368 e. The van der Waals surface area contributed by atoms with Crippen LogP contribution in [0.2, 0.25) is 0 Å². The van der Waals surface area contributed by atoms with Crippen molar-refractivity contribution in [3.8, 4) is 11.1 Å². The molecule has 8 heteroatoms. The molecule has 0 atom stereocenters. The Bertz CT molecular complexity index is 1250. The maximum atomic E-state index is 4.49. The molecule has 0 aliphatic carbocycles. The summed E-state index contributed by atoms with van der Waals surface area (Å²) in [7, 11) is 0. The number of benzene rings is 2. The lowest BCUT2D eigenvalue weighted by Crippen LogP contribution is -2.22. The summed E-state index contributed by atoms with van der Waals surface area (Å²) in [5.74, 6) is 0.881. The molecule has 0 aliphatic heterocycles. The molecule has 3 aromatic heterocycles. The highest BCUT2D eigenvalue weighted by Crippen LogP contribution is 2.36. The van der Waals surface area contributed by atoms with Crippen LogP contribution in [0.15, 0.2) is 60.2 Å². The Kier molecular flexibility index (Phi) is 5.12. The van der Waals surface area contributed by atoms with Crippen molar-refractivity contribution >= 4 is 50.1 Å². The van der Waals surface area contributed by atoms with Gasteiger partial charge in [-0.25, -0.2) is 9.97 Å². The van der Waals surface area contributed by atoms with Crippen LogP contribution in [0.25, 0.3) is 32.4 Å². The monoisotopic (exact) mass is 418 g/mol. The minimum atomic E-state index is 0.774. The van der Waals surface area contributed by atoms with Gasteiger partial charge in [0.15, 0.2) is 0 Å². The van der Waals surface area contributed by atoms with E-state index in [-0.39, 0.29) is 0 Å². The standard InChI is InChI=1S/C21H18N6S2/c1-2-4-15(5-3-1)16-12-28-21-19(16)20(24-13-25-21)23-9-8-22-11-14-6-7-17-18(10-14)27-29-26-17/h1-7,10,12-13,22H,8-9,11H2,(H,23,24,25). The molecule has 0 amide bonds. The predicted octanol–water partition coefficient (Wildman–Crippen LogP) is 4.56. The second-order valence-corrected chi connectivity index (χ2v) is 8.00. The summed E-state index contributed by atoms with van der Waals surface area (Å²) in [4.78, 5) is 9.93. The lowest BCUT2D eigenvalue weighted by molar-refractivity contribution is 0.706. The van der Waals surface area contributed by atoms with E-state index < -0.39 is 0 Å². The van der Waals surface area contributed by atoms with Gasteiger partial charge in [0.25, 0.3) is 0 Å². The summed E-state index contributed by atoms with van der Waals surface area (Å²) in [5, 5.41) is 10.2. The first-order valence-corrected chi connectivity index (χ1v) is 10.9. The summed E-state index contributed by atoms with van der Waals surface area (Å²) >= 11 is 2.90. The van der Waals surface area contributed by atoms with Gasteiger partial charge in [0.05, 0.1) is 17.1 Å². The van der Waals surface area contributed by atoms with Crippen molar-refractivity contribution in [3.05, 3.63) is 65.8 Å². The number of nitrogens with zero attached hydrogens (tertiary/aromatic N) is 4. The Balaban J connectivity index is 1.24. The summed E-state index contributed by atoms with van der Waals surface area (Å²) in [6, 6.07) is 16.6. The van der Waals surface area contributed by atoms with Crippen LogP contribution >= 0.6 is 23.1 Å². The van der Waals surface area contributed by atoms with E-state index in [1.807, 2.05) is 12.1 Å². The summed E-state index contributed by atoms with van der Waals surface area (Å²) in [6.07, 6.45) is 1.63. The van der Waals surface area contributed by atoms with E-state index in [4.69, 9.17) is 0 Å². The third kappa shape index (κ3) is 3.82. The predicted molar refractivity (Wildman–Crippen MR) is 120 cm³/mol. The molecular formula is C21H18N6S2. The Morgan fingerprint density at radius 2 is 1.79 bits per heavy atom. The fraction of sp³-hybridized carbons (Fsp3) is 0.143. The fourth-order valence-electron chi connectivity index (χ4n) is 3.28. The second kappa shape index (κ2) is 8.20. The number of hydrogen-bond donors (Lipinski definition) is 2. The molecule has 2 N–H and O–H groups in total. The van der Waals surface area contributed by atoms with Gasteiger partial charge in [0.2, 0.25) is 0 Å². The minimum absolute atomic E-state index is 0.774. The van der Waals surface area contributed by atoms with E-state index in [9.17, 15) is 0 Å². The van der Waals surface area contributed by atoms with Crippen LogP contribution in [0.1, 0.15) is 5.56 Å². The van der Waals surface area contributed by atoms with E-state index >= 15 is 0 Å². The van der Waals surface area contributed by atoms with E-state index in [2.05, 4.69) is 71.1 Å². The Hall–Kier alpha value is -2.94. The molecule has 2 aromatic carbocycles. The van der Waals surface area contributed by atoms with Crippen molar-refractivity contribution in [1.29, 1.82) is 0 Å². The van der Waals surface area contributed by atoms with E-state index in [1.54, 1.807) is 17.7 Å². The van der Waals surface area contributed by atoms with Crippen molar-refractivity contribution in [2.45, 2.75) is 6.54 Å². The molecule has 144 valence electrons. The fourth-order valence-corrected chi connectivity index (χ4v) is 4.71. The van der Waals surface area contributed by atoms with Gasteiger partial charge in [-0.1, -0.05) is 36.4 Å². The van der Waals surface area contributed by atoms with Crippen molar-refractivity contribution in [2.75, 3.05) is 18.4 Å². The number of rotatable bonds is 7. The molecular weight excluding hydrogens is 400 g/mol. The van der Waals surface area contributed by atoms with Gasteiger partial charge in [0.1, 0.15) is 28.0 Å². The second-order valence-electron chi connectivity index (χ2n) is 6.61. The summed E-state index contributed by atoms with van der Waals surface area (Å²) in [6.45, 7) is 2.39. The summed E-state index contributed by atoms with van der Waals surface area (Å²) in [5.41, 5.74) is 5.48. The van der Waals surface area contributed by atoms with Crippen molar-refractivity contribution in [3.63, 3.8) is 0 Å². The number of thiophene rings is 1. The van der Waals surface area contributed by atoms with Crippen molar-refractivity contribution in [2.24, 2.45) is 0 Å². The zero-order valence-corrected chi connectivity index (χ0v) is 17.1. The molecule has 0 saturated heterocycles. The first-order chi connectivity index (χ1) is 14.4. The van der Waals surface area contributed by atoms with E-state index in [0.717, 1.165) is 46.7 Å². The van der Waals surface area contributed by atoms with Crippen molar-refractivity contribution in [1.82, 2.24) is 24.0 Å². The maximum Gasteiger partial charge on any atom is 0.138 e. The zero-order valence-electron chi connectivity index (χ0n) is 15.5. The maximum absolute atomic E-state index is 4.49. The van der Waals surface area contributed by atoms with Crippen LogP contribution in [0.4, 0.5) is 5.82 Å². The Morgan fingerprint density at radius 1 is 0.897 bits per heavy atom. The molecule has 5 rings (SSSR count). The quantitative estimate of drug-likeness (QED) is 0.377. The number of hydrogen-bond acceptors (Lipinski definition) is 8. The normalized spacial score (nSPS) is 11.3. The van der Waals surface area contributed by atoms with Crippen LogP contribution < -0.4 is 10.6 Å². The molecule has 5 aromatic rings. The van der Waals surface area contributed by atoms with Crippen LogP contribution in [-0.4, -0.2) is 31.8 Å². The Morgan fingerprint density at radius 3 is 2.72 bits per heavy atom. The largest absolute Gasteiger partial charge is 0.368 e. The van der Waals surface area contributed by atoms with Gasteiger partial charge in [-0.2, -0.15) is 8.75 Å². The van der Waals surface area contributed by atoms with Crippen LogP contribution in [0.5, 0.6) is 0 Å². The van der Waals surface area contributed by atoms with Crippen LogP contribution in [-0.2, 0) is 6.54 Å². The molecule has 0 radical (unpaired) electrons. The van der Waals surface area contributed by atoms with Gasteiger partial charge >= 0.3 is 0 Å². The average molecular weight is 419 g/mol. The highest BCUT2D eigenvalue weighted by Gasteiger charge is 2.12. The molecule has 0 aliphatic rings. The number of nitrogens with one attached hydrogen (secondary N) is 2. The van der Waals surface area contributed by atoms with Crippen molar-refractivity contribution < 1.29 is 0 Å². The lowest BCUT2D eigenvalue weighted by Gasteiger charge is -2.09. The third-order valence-electron chi connectivity index (χ3n) is 4.70. The summed E-state index contributed by atoms with van der Waals surface area (Å²) < 4.78 is 8.54. The molecule has 3 heterocycles. The average Bonchev–Trinajstić information content (AvgIpc) is 3.41. The molecule has 29 heavy (non-hydrogen) atoms. The number of aromatic nitrogens is 4. The highest BCUT2D eigenvalue weighted by molar-refractivity contribution is 7.17. The lowest BCUT2D eigenvalue weighted by atomic mass is 10.1. The number of fused-ring (bicyclic) bond motifs is 2. The molecule has 0 unspecified atom stereocenters. The third-order valence-corrected chi connectivity index (χ3v) is 6.14. The first-order valence-electron chi connectivity index (χ1n) is 9.32. The molecule has 0 spiro atoms. The molecule has 6 nitrogen and oxygen atoms in total. The molecule has 0 bridgehead atoms. The van der Waals surface area contributed by atoms with Crippen LogP contribution in [0.3, 0.4) is 0 Å². The van der Waals surface area contributed by atoms with Gasteiger partial charge in [-0.05, 0) is 23.3 Å². The van der Waals surface area contributed by atoms with E-state index in [1.165, 1.54) is 28.4 Å². The highest BCUT2D eigenvalue weighted by atomic mass is 32.1. The zero-order chi connectivity index (χ0) is 19.5. The molecule has 0 fully saturated rings. The van der Waals surface area contributed by atoms with Crippen LogP contribution in [0, 0.1) is 0 Å². The Labute approximate surface area is 176 Å². The van der Waals surface area contributed by atoms with Gasteiger partial charge < -0.3 is 10.6 Å². The molecule has 0 saturated carbocycles. The van der Waals surface area contributed by atoms with Gasteiger partial charge in [-0.15, -0.1) is 11.3 Å². The van der Waals surface area contributed by atoms with Gasteiger partial charge in [0, 0.05) is 30.6 Å². The SMILES string of the molecule is c1ccc(-c2csc3ncnc(NCCNCc4ccc5nsnc5c4)c23)cc1. The number of anilines is 1. The van der Waals surface area contributed by atoms with E-state index in [0.29, 0.717) is 0 Å². The first kappa shape index (κ1) is 18.1. The smallest absolute Gasteiger partial charge is 0.138 e. The topological polar surface area (TPSA) is 75.6 Å².